The lowest BCUT2D eigenvalue weighted by atomic mass is 9.73. The predicted octanol–water partition coefficient (Wildman–Crippen LogP) is 8.63. The van der Waals surface area contributed by atoms with Crippen molar-refractivity contribution in [3.63, 3.8) is 0 Å². The summed E-state index contributed by atoms with van der Waals surface area (Å²) in [6, 6.07) is 18.2. The van der Waals surface area contributed by atoms with Crippen LogP contribution in [0.15, 0.2) is 78.9 Å². The number of likely N-dealkylation sites (tertiary alicyclic amines) is 1. The van der Waals surface area contributed by atoms with Gasteiger partial charge in [0.1, 0.15) is 5.60 Å². The average Bonchev–Trinajstić information content (AvgIpc) is 3.00. The Morgan fingerprint density at radius 1 is 0.809 bits per heavy atom. The van der Waals surface area contributed by atoms with E-state index in [1.165, 1.54) is 0 Å². The molecule has 4 rings (SSSR count). The summed E-state index contributed by atoms with van der Waals surface area (Å²) in [5.74, 6) is -0.900. The fraction of sp³-hybridized carbons (Fsp3) is 0.429. The largest absolute Gasteiger partial charge is 0.444 e. The highest BCUT2D eigenvalue weighted by Crippen LogP contribution is 2.41. The number of rotatable bonds is 8. The Morgan fingerprint density at radius 2 is 1.32 bits per heavy atom. The number of carbonyl (C=O) groups excluding carboxylic acids is 2. The number of carbonyl (C=O) groups is 2. The van der Waals surface area contributed by atoms with Gasteiger partial charge in [0, 0.05) is 18.5 Å². The third-order valence-electron chi connectivity index (χ3n) is 8.09. The van der Waals surface area contributed by atoms with E-state index in [0.717, 1.165) is 5.56 Å². The molecule has 6 nitrogen and oxygen atoms in total. The third-order valence-corrected chi connectivity index (χ3v) is 8.09. The second-order valence-electron chi connectivity index (χ2n) is 12.8. The zero-order valence-corrected chi connectivity index (χ0v) is 26.5. The lowest BCUT2D eigenvalue weighted by Gasteiger charge is -2.42. The molecule has 0 aliphatic carbocycles. The molecule has 0 aromatic heterocycles. The lowest BCUT2D eigenvalue weighted by Crippen LogP contribution is -2.49. The van der Waals surface area contributed by atoms with Gasteiger partial charge in [-0.3, -0.25) is 4.79 Å². The summed E-state index contributed by atoms with van der Waals surface area (Å²) in [4.78, 5) is 28.1. The van der Waals surface area contributed by atoms with E-state index in [4.69, 9.17) is 9.47 Å². The van der Waals surface area contributed by atoms with Gasteiger partial charge in [-0.1, -0.05) is 60.7 Å². The molecule has 0 bridgehead atoms. The molecule has 254 valence electrons. The summed E-state index contributed by atoms with van der Waals surface area (Å²) in [6.07, 6.45) is -11.9. The first-order chi connectivity index (χ1) is 21.9. The van der Waals surface area contributed by atoms with Crippen LogP contribution in [0.2, 0.25) is 0 Å². The molecule has 3 aromatic carbocycles. The van der Waals surface area contributed by atoms with Crippen LogP contribution in [-0.2, 0) is 32.0 Å². The van der Waals surface area contributed by atoms with Crippen molar-refractivity contribution in [2.75, 3.05) is 19.7 Å². The molecule has 1 saturated heterocycles. The number of benzene rings is 3. The van der Waals surface area contributed by atoms with Crippen LogP contribution in [0.5, 0.6) is 0 Å². The fourth-order valence-corrected chi connectivity index (χ4v) is 5.56. The van der Waals surface area contributed by atoms with Crippen LogP contribution in [0.3, 0.4) is 0 Å². The summed E-state index contributed by atoms with van der Waals surface area (Å²) in [5.41, 5.74) is -3.76. The van der Waals surface area contributed by atoms with Crippen molar-refractivity contribution in [1.82, 2.24) is 10.2 Å². The number of nitrogens with one attached hydrogen (secondary N) is 1. The number of ether oxygens (including phenoxy) is 2. The van der Waals surface area contributed by atoms with E-state index in [9.17, 15) is 35.9 Å². The van der Waals surface area contributed by atoms with Gasteiger partial charge in [-0.15, -0.1) is 0 Å². The smallest absolute Gasteiger partial charge is 0.416 e. The van der Waals surface area contributed by atoms with Gasteiger partial charge in [0.25, 0.3) is 5.91 Å². The highest BCUT2D eigenvalue weighted by atomic mass is 19.4. The van der Waals surface area contributed by atoms with Gasteiger partial charge in [-0.05, 0) is 75.4 Å². The van der Waals surface area contributed by atoms with Crippen molar-refractivity contribution in [3.8, 4) is 0 Å². The second kappa shape index (κ2) is 14.0. The summed E-state index contributed by atoms with van der Waals surface area (Å²) >= 11 is 0. The molecule has 2 amide bonds. The predicted molar refractivity (Wildman–Crippen MR) is 163 cm³/mol. The number of hydrogen-bond acceptors (Lipinski definition) is 4. The molecule has 0 radical (unpaired) electrons. The zero-order valence-electron chi connectivity index (χ0n) is 26.5. The maximum Gasteiger partial charge on any atom is 0.416 e. The molecule has 2 atom stereocenters. The van der Waals surface area contributed by atoms with Gasteiger partial charge in [-0.25, -0.2) is 4.79 Å². The Hall–Kier alpha value is -4.06. The minimum atomic E-state index is -5.12. The first kappa shape index (κ1) is 35.8. The van der Waals surface area contributed by atoms with Gasteiger partial charge < -0.3 is 19.7 Å². The van der Waals surface area contributed by atoms with E-state index in [-0.39, 0.29) is 25.8 Å². The van der Waals surface area contributed by atoms with Crippen molar-refractivity contribution in [2.24, 2.45) is 0 Å². The number of piperidine rings is 1. The monoisotopic (exact) mass is 664 g/mol. The molecule has 3 aromatic rings. The van der Waals surface area contributed by atoms with E-state index < -0.39 is 64.2 Å². The molecule has 0 saturated carbocycles. The van der Waals surface area contributed by atoms with Crippen LogP contribution in [0, 0.1) is 0 Å². The first-order valence-corrected chi connectivity index (χ1v) is 15.2. The van der Waals surface area contributed by atoms with E-state index >= 15 is 0 Å². The van der Waals surface area contributed by atoms with Crippen molar-refractivity contribution < 1.29 is 45.4 Å². The minimum Gasteiger partial charge on any atom is -0.444 e. The van der Waals surface area contributed by atoms with E-state index in [1.807, 2.05) is 12.1 Å². The second-order valence-corrected chi connectivity index (χ2v) is 12.8. The normalized spacial score (nSPS) is 16.7. The Kier molecular flexibility index (Phi) is 10.6. The van der Waals surface area contributed by atoms with Crippen LogP contribution < -0.4 is 5.32 Å². The zero-order chi connectivity index (χ0) is 34.6. The standard InChI is InChI=1S/C35H38F6N2O4/c1-23(24-11-7-5-8-12-24)42-30(44)29(25-19-27(34(36,37)38)21-28(20-25)35(39,40)41)46-22-33(26-13-9-6-10-14-26)15-17-43(18-16-33)31(45)47-32(2,3)4/h5-14,19-21,23,29H,15-18,22H2,1-4H3,(H,42,44)/t23-,29?/m1/s1. The third kappa shape index (κ3) is 9.27. The lowest BCUT2D eigenvalue weighted by molar-refractivity contribution is -0.144. The summed E-state index contributed by atoms with van der Waals surface area (Å²) in [7, 11) is 0. The van der Waals surface area contributed by atoms with Crippen molar-refractivity contribution in [1.29, 1.82) is 0 Å². The van der Waals surface area contributed by atoms with Gasteiger partial charge in [0.2, 0.25) is 0 Å². The Bertz CT molecular complexity index is 1480. The topological polar surface area (TPSA) is 67.9 Å². The molecule has 1 heterocycles. The number of amides is 2. The maximum atomic E-state index is 13.8. The summed E-state index contributed by atoms with van der Waals surface area (Å²) in [6.45, 7) is 7.16. The van der Waals surface area contributed by atoms with Crippen LogP contribution >= 0.6 is 0 Å². The Labute approximate surface area is 270 Å². The minimum absolute atomic E-state index is 0.0168. The van der Waals surface area contributed by atoms with Gasteiger partial charge in [-0.2, -0.15) is 26.3 Å². The molecule has 1 fully saturated rings. The number of halogens is 6. The van der Waals surface area contributed by atoms with Crippen molar-refractivity contribution in [3.05, 3.63) is 107 Å². The van der Waals surface area contributed by atoms with Crippen molar-refractivity contribution in [2.45, 2.75) is 76.1 Å². The Morgan fingerprint density at radius 3 is 1.81 bits per heavy atom. The summed E-state index contributed by atoms with van der Waals surface area (Å²) < 4.78 is 94.7. The molecule has 0 spiro atoms. The maximum absolute atomic E-state index is 13.8. The quantitative estimate of drug-likeness (QED) is 0.245. The molecule has 1 unspecified atom stereocenters. The van der Waals surface area contributed by atoms with Crippen LogP contribution in [0.25, 0.3) is 0 Å². The molecular formula is C35H38F6N2O4. The SMILES string of the molecule is C[C@@H](NC(=O)C(OCC1(c2ccccc2)CCN(C(=O)OC(C)(C)C)CC1)c1cc(C(F)(F)F)cc(C(F)(F)F)c1)c1ccccc1. The van der Waals surface area contributed by atoms with E-state index in [0.29, 0.717) is 30.5 Å². The van der Waals surface area contributed by atoms with Gasteiger partial charge in [0.05, 0.1) is 23.8 Å². The molecular weight excluding hydrogens is 626 g/mol. The molecule has 1 N–H and O–H groups in total. The van der Waals surface area contributed by atoms with E-state index in [1.54, 1.807) is 81.1 Å². The van der Waals surface area contributed by atoms with Crippen LogP contribution in [0.4, 0.5) is 31.1 Å². The fourth-order valence-electron chi connectivity index (χ4n) is 5.56. The first-order valence-electron chi connectivity index (χ1n) is 15.2. The molecule has 47 heavy (non-hydrogen) atoms. The average molecular weight is 665 g/mol. The number of nitrogens with zero attached hydrogens (tertiary/aromatic N) is 1. The molecule has 12 heteroatoms. The highest BCUT2D eigenvalue weighted by Gasteiger charge is 2.42. The number of hydrogen-bond donors (Lipinski definition) is 1. The summed E-state index contributed by atoms with van der Waals surface area (Å²) in [5, 5.41) is 2.70. The Balaban J connectivity index is 1.71. The number of alkyl halides is 6. The van der Waals surface area contributed by atoms with Crippen LogP contribution in [0.1, 0.15) is 80.5 Å². The highest BCUT2D eigenvalue weighted by molar-refractivity contribution is 5.83. The van der Waals surface area contributed by atoms with Gasteiger partial charge >= 0.3 is 18.4 Å². The van der Waals surface area contributed by atoms with E-state index in [2.05, 4.69) is 5.32 Å². The molecule has 1 aliphatic rings. The molecule has 1 aliphatic heterocycles. The van der Waals surface area contributed by atoms with Gasteiger partial charge in [0.15, 0.2) is 6.10 Å². The van der Waals surface area contributed by atoms with Crippen molar-refractivity contribution >= 4 is 12.0 Å². The van der Waals surface area contributed by atoms with Crippen LogP contribution in [-0.4, -0.2) is 42.2 Å².